The molecule has 19 heavy (non-hydrogen) atoms. The van der Waals surface area contributed by atoms with Crippen LogP contribution >= 0.6 is 0 Å². The lowest BCUT2D eigenvalue weighted by atomic mass is 10.2. The lowest BCUT2D eigenvalue weighted by molar-refractivity contribution is 0.0410. The molecule has 0 atom stereocenters. The normalized spacial score (nSPS) is 19.4. The molecule has 1 aliphatic heterocycles. The number of hydrogen-bond acceptors (Lipinski definition) is 4. The summed E-state index contributed by atoms with van der Waals surface area (Å²) in [6.45, 7) is 1.26. The van der Waals surface area contributed by atoms with Crippen LogP contribution in [0.1, 0.15) is 18.5 Å². The zero-order chi connectivity index (χ0) is 13.0. The molecule has 98 valence electrons. The van der Waals surface area contributed by atoms with Crippen LogP contribution in [0, 0.1) is 0 Å². The highest BCUT2D eigenvalue weighted by atomic mass is 16.5. The standard InChI is InChI=1S/C13H14N4O2/c14-10-2-1-5-16(12(10)18)11-6-9-7-19-8-13(3-4-13)17(9)15-11/h1-2,5-6H,3-4,7-8,14H2. The van der Waals surface area contributed by atoms with Crippen molar-refractivity contribution in [3.05, 3.63) is 40.4 Å². The Bertz CT molecular complexity index is 712. The Morgan fingerprint density at radius 3 is 3.05 bits per heavy atom. The number of rotatable bonds is 1. The topological polar surface area (TPSA) is 75.1 Å². The van der Waals surface area contributed by atoms with Crippen LogP contribution < -0.4 is 11.3 Å². The minimum atomic E-state index is -0.233. The predicted molar refractivity (Wildman–Crippen MR) is 69.1 cm³/mol. The van der Waals surface area contributed by atoms with Crippen molar-refractivity contribution in [1.82, 2.24) is 14.3 Å². The van der Waals surface area contributed by atoms with Crippen LogP contribution in [0.15, 0.2) is 29.2 Å². The van der Waals surface area contributed by atoms with Crippen molar-refractivity contribution in [1.29, 1.82) is 0 Å². The van der Waals surface area contributed by atoms with Gasteiger partial charge in [-0.15, -0.1) is 0 Å². The maximum atomic E-state index is 12.0. The van der Waals surface area contributed by atoms with Crippen molar-refractivity contribution < 1.29 is 4.74 Å². The van der Waals surface area contributed by atoms with E-state index in [0.29, 0.717) is 19.0 Å². The number of anilines is 1. The zero-order valence-electron chi connectivity index (χ0n) is 10.4. The van der Waals surface area contributed by atoms with Gasteiger partial charge in [0.25, 0.3) is 5.56 Å². The minimum Gasteiger partial charge on any atom is -0.394 e. The van der Waals surface area contributed by atoms with E-state index >= 15 is 0 Å². The third kappa shape index (κ3) is 1.46. The summed E-state index contributed by atoms with van der Waals surface area (Å²) in [5.41, 5.74) is 6.71. The summed E-state index contributed by atoms with van der Waals surface area (Å²) in [4.78, 5) is 12.0. The molecule has 4 rings (SSSR count). The molecule has 2 N–H and O–H groups in total. The van der Waals surface area contributed by atoms with Gasteiger partial charge in [-0.25, -0.2) is 0 Å². The van der Waals surface area contributed by atoms with Crippen molar-refractivity contribution in [2.45, 2.75) is 25.0 Å². The number of nitrogen functional groups attached to an aromatic ring is 1. The highest BCUT2D eigenvalue weighted by Gasteiger charge is 2.49. The van der Waals surface area contributed by atoms with Gasteiger partial charge in [0.2, 0.25) is 0 Å². The van der Waals surface area contributed by atoms with Crippen LogP contribution in [-0.4, -0.2) is 21.0 Å². The Labute approximate surface area is 109 Å². The van der Waals surface area contributed by atoms with Crippen LogP contribution in [0.3, 0.4) is 0 Å². The summed E-state index contributed by atoms with van der Waals surface area (Å²) in [6.07, 6.45) is 3.87. The molecule has 1 saturated carbocycles. The van der Waals surface area contributed by atoms with Gasteiger partial charge in [0.1, 0.15) is 0 Å². The summed E-state index contributed by atoms with van der Waals surface area (Å²) in [5, 5.41) is 4.58. The van der Waals surface area contributed by atoms with E-state index in [1.807, 2.05) is 10.7 Å². The monoisotopic (exact) mass is 258 g/mol. The van der Waals surface area contributed by atoms with Gasteiger partial charge in [-0.1, -0.05) is 0 Å². The van der Waals surface area contributed by atoms with Crippen LogP contribution in [0.4, 0.5) is 5.69 Å². The van der Waals surface area contributed by atoms with E-state index in [4.69, 9.17) is 10.5 Å². The van der Waals surface area contributed by atoms with Crippen LogP contribution in [-0.2, 0) is 16.9 Å². The number of nitrogens with two attached hydrogens (primary N) is 1. The number of aromatic nitrogens is 3. The van der Waals surface area contributed by atoms with E-state index in [-0.39, 0.29) is 16.8 Å². The van der Waals surface area contributed by atoms with Crippen LogP contribution in [0.25, 0.3) is 5.82 Å². The van der Waals surface area contributed by atoms with Gasteiger partial charge in [-0.2, -0.15) is 5.10 Å². The first-order chi connectivity index (χ1) is 9.20. The number of hydrogen-bond donors (Lipinski definition) is 1. The fraction of sp³-hybridized carbons (Fsp3) is 0.385. The number of pyridine rings is 1. The molecule has 0 aromatic carbocycles. The molecule has 2 aromatic rings. The number of nitrogens with zero attached hydrogens (tertiary/aromatic N) is 3. The average molecular weight is 258 g/mol. The molecule has 0 radical (unpaired) electrons. The van der Waals surface area contributed by atoms with Crippen molar-refractivity contribution in [2.24, 2.45) is 0 Å². The van der Waals surface area contributed by atoms with E-state index in [1.54, 1.807) is 18.3 Å². The fourth-order valence-corrected chi connectivity index (χ4v) is 2.64. The van der Waals surface area contributed by atoms with Gasteiger partial charge in [0.15, 0.2) is 5.82 Å². The van der Waals surface area contributed by atoms with Crippen molar-refractivity contribution in [2.75, 3.05) is 12.3 Å². The summed E-state index contributed by atoms with van der Waals surface area (Å²) in [6, 6.07) is 5.25. The Hall–Kier alpha value is -2.08. The second-order valence-corrected chi connectivity index (χ2v) is 5.26. The molecule has 2 aliphatic rings. The molecule has 0 amide bonds. The number of ether oxygens (including phenoxy) is 1. The maximum Gasteiger partial charge on any atom is 0.279 e. The Balaban J connectivity index is 1.87. The lowest BCUT2D eigenvalue weighted by Gasteiger charge is -2.23. The second-order valence-electron chi connectivity index (χ2n) is 5.26. The molecule has 3 heterocycles. The van der Waals surface area contributed by atoms with Crippen molar-refractivity contribution >= 4 is 5.69 Å². The van der Waals surface area contributed by atoms with E-state index < -0.39 is 0 Å². The fourth-order valence-electron chi connectivity index (χ4n) is 2.64. The smallest absolute Gasteiger partial charge is 0.279 e. The lowest BCUT2D eigenvalue weighted by Crippen LogP contribution is -2.31. The number of fused-ring (bicyclic) bond motifs is 2. The van der Waals surface area contributed by atoms with Crippen LogP contribution in [0.5, 0.6) is 0 Å². The highest BCUT2D eigenvalue weighted by Crippen LogP contribution is 2.46. The first-order valence-corrected chi connectivity index (χ1v) is 6.34. The molecule has 6 heteroatoms. The van der Waals surface area contributed by atoms with Crippen molar-refractivity contribution in [3.8, 4) is 5.82 Å². The molecular formula is C13H14N4O2. The van der Waals surface area contributed by atoms with Crippen molar-refractivity contribution in [3.63, 3.8) is 0 Å². The second kappa shape index (κ2) is 3.48. The molecule has 1 fully saturated rings. The molecule has 0 saturated heterocycles. The Morgan fingerprint density at radius 2 is 2.26 bits per heavy atom. The largest absolute Gasteiger partial charge is 0.394 e. The SMILES string of the molecule is Nc1cccn(-c2cc3n(n2)C2(CC2)COC3)c1=O. The summed E-state index contributed by atoms with van der Waals surface area (Å²) in [5.74, 6) is 0.615. The first-order valence-electron chi connectivity index (χ1n) is 6.34. The van der Waals surface area contributed by atoms with Gasteiger partial charge >= 0.3 is 0 Å². The Morgan fingerprint density at radius 1 is 1.42 bits per heavy atom. The molecule has 1 aliphatic carbocycles. The summed E-state index contributed by atoms with van der Waals surface area (Å²) < 4.78 is 9.12. The molecule has 1 spiro atoms. The first kappa shape index (κ1) is 10.8. The zero-order valence-corrected chi connectivity index (χ0v) is 10.4. The van der Waals surface area contributed by atoms with Gasteiger partial charge in [-0.3, -0.25) is 14.0 Å². The van der Waals surface area contributed by atoms with Gasteiger partial charge < -0.3 is 10.5 Å². The average Bonchev–Trinajstić information content (AvgIpc) is 3.02. The third-order valence-corrected chi connectivity index (χ3v) is 3.89. The summed E-state index contributed by atoms with van der Waals surface area (Å²) in [7, 11) is 0. The van der Waals surface area contributed by atoms with E-state index in [0.717, 1.165) is 18.5 Å². The minimum absolute atomic E-state index is 0.0375. The molecule has 0 unspecified atom stereocenters. The van der Waals surface area contributed by atoms with E-state index in [1.165, 1.54) is 4.57 Å². The highest BCUT2D eigenvalue weighted by molar-refractivity contribution is 5.38. The van der Waals surface area contributed by atoms with Gasteiger partial charge in [0.05, 0.1) is 30.1 Å². The molecule has 2 aromatic heterocycles. The third-order valence-electron chi connectivity index (χ3n) is 3.89. The molecular weight excluding hydrogens is 244 g/mol. The van der Waals surface area contributed by atoms with E-state index in [9.17, 15) is 4.79 Å². The molecule has 6 nitrogen and oxygen atoms in total. The van der Waals surface area contributed by atoms with E-state index in [2.05, 4.69) is 5.10 Å². The van der Waals surface area contributed by atoms with Gasteiger partial charge in [-0.05, 0) is 25.0 Å². The quantitative estimate of drug-likeness (QED) is 0.814. The Kier molecular flexibility index (Phi) is 1.98. The predicted octanol–water partition coefficient (Wildman–Crippen LogP) is 0.635. The summed E-state index contributed by atoms with van der Waals surface area (Å²) >= 11 is 0. The van der Waals surface area contributed by atoms with Gasteiger partial charge in [0, 0.05) is 12.3 Å². The molecule has 0 bridgehead atoms. The maximum absolute atomic E-state index is 12.0. The van der Waals surface area contributed by atoms with Crippen LogP contribution in [0.2, 0.25) is 0 Å².